The number of hydrogen-bond donors (Lipinski definition) is 2. The summed E-state index contributed by atoms with van der Waals surface area (Å²) in [6.07, 6.45) is 3.48. The van der Waals surface area contributed by atoms with Crippen molar-refractivity contribution >= 4 is 22.5 Å². The van der Waals surface area contributed by atoms with Crippen molar-refractivity contribution in [3.63, 3.8) is 0 Å². The summed E-state index contributed by atoms with van der Waals surface area (Å²) in [6.45, 7) is 0.631. The Balaban J connectivity index is 1.97. The van der Waals surface area contributed by atoms with Crippen LogP contribution in [0.25, 0.3) is 10.9 Å². The van der Waals surface area contributed by atoms with Crippen LogP contribution in [0, 0.1) is 0 Å². The predicted octanol–water partition coefficient (Wildman–Crippen LogP) is 1.54. The van der Waals surface area contributed by atoms with Crippen LogP contribution in [0.4, 0.5) is 11.6 Å². The normalized spacial score (nSPS) is 10.7. The molecule has 3 rings (SSSR count). The van der Waals surface area contributed by atoms with Crippen molar-refractivity contribution in [1.29, 1.82) is 0 Å². The second-order valence-corrected chi connectivity index (χ2v) is 4.88. The zero-order valence-corrected chi connectivity index (χ0v) is 11.6. The molecule has 0 bridgehead atoms. The summed E-state index contributed by atoms with van der Waals surface area (Å²) >= 11 is 0. The molecule has 0 atom stereocenters. The van der Waals surface area contributed by atoms with Gasteiger partial charge in [0.15, 0.2) is 0 Å². The third kappa shape index (κ3) is 2.69. The largest absolute Gasteiger partial charge is 0.399 e. The van der Waals surface area contributed by atoms with Gasteiger partial charge in [0.05, 0.1) is 10.9 Å². The van der Waals surface area contributed by atoms with E-state index in [0.717, 1.165) is 5.56 Å². The number of aromatic amines is 1. The van der Waals surface area contributed by atoms with Gasteiger partial charge in [0.25, 0.3) is 5.56 Å². The summed E-state index contributed by atoms with van der Waals surface area (Å²) in [4.78, 5) is 25.2. The maximum Gasteiger partial charge on any atom is 0.260 e. The Hall–Kier alpha value is -2.89. The Labute approximate surface area is 121 Å². The number of nitrogen functional groups attached to an aromatic ring is 1. The average Bonchev–Trinajstić information content (AvgIpc) is 2.49. The summed E-state index contributed by atoms with van der Waals surface area (Å²) in [7, 11) is 1.88. The van der Waals surface area contributed by atoms with E-state index in [4.69, 9.17) is 5.73 Å². The highest BCUT2D eigenvalue weighted by Gasteiger charge is 2.08. The number of anilines is 2. The molecule has 0 saturated carbocycles. The van der Waals surface area contributed by atoms with E-state index >= 15 is 0 Å². The smallest absolute Gasteiger partial charge is 0.260 e. The zero-order chi connectivity index (χ0) is 14.8. The summed E-state index contributed by atoms with van der Waals surface area (Å²) in [5.74, 6) is 0.522. The van der Waals surface area contributed by atoms with Crippen molar-refractivity contribution in [1.82, 2.24) is 15.0 Å². The quantitative estimate of drug-likeness (QED) is 0.711. The molecule has 0 saturated heterocycles. The SMILES string of the molecule is CN(Cc1ccncc1)c1nc2ccc(N)cc2c(=O)[nH]1. The molecule has 0 aliphatic rings. The minimum absolute atomic E-state index is 0.191. The number of nitrogens with one attached hydrogen (secondary N) is 1. The Morgan fingerprint density at radius 1 is 1.24 bits per heavy atom. The lowest BCUT2D eigenvalue weighted by molar-refractivity contribution is 0.866. The van der Waals surface area contributed by atoms with Crippen LogP contribution in [0.2, 0.25) is 0 Å². The first kappa shape index (κ1) is 13.1. The van der Waals surface area contributed by atoms with Gasteiger partial charge in [0.2, 0.25) is 5.95 Å². The lowest BCUT2D eigenvalue weighted by atomic mass is 10.2. The van der Waals surface area contributed by atoms with Gasteiger partial charge in [-0.3, -0.25) is 14.8 Å². The Bertz CT molecular complexity index is 828. The van der Waals surface area contributed by atoms with Crippen molar-refractivity contribution in [2.24, 2.45) is 0 Å². The molecule has 0 fully saturated rings. The van der Waals surface area contributed by atoms with E-state index in [9.17, 15) is 4.79 Å². The Morgan fingerprint density at radius 3 is 2.76 bits per heavy atom. The van der Waals surface area contributed by atoms with Gasteiger partial charge < -0.3 is 10.6 Å². The monoisotopic (exact) mass is 281 g/mol. The maximum absolute atomic E-state index is 12.1. The number of benzene rings is 1. The van der Waals surface area contributed by atoms with E-state index < -0.39 is 0 Å². The van der Waals surface area contributed by atoms with E-state index in [2.05, 4.69) is 15.0 Å². The molecule has 0 unspecified atom stereocenters. The number of nitrogens with two attached hydrogens (primary N) is 1. The highest BCUT2D eigenvalue weighted by Crippen LogP contribution is 2.15. The van der Waals surface area contributed by atoms with E-state index in [1.54, 1.807) is 30.6 Å². The van der Waals surface area contributed by atoms with Gasteiger partial charge in [-0.25, -0.2) is 4.98 Å². The predicted molar refractivity (Wildman–Crippen MR) is 83.1 cm³/mol. The third-order valence-electron chi connectivity index (χ3n) is 3.25. The van der Waals surface area contributed by atoms with Crippen molar-refractivity contribution in [3.8, 4) is 0 Å². The highest BCUT2D eigenvalue weighted by atomic mass is 16.1. The molecule has 0 amide bonds. The average molecular weight is 281 g/mol. The van der Waals surface area contributed by atoms with Gasteiger partial charge in [-0.15, -0.1) is 0 Å². The fourth-order valence-corrected chi connectivity index (χ4v) is 2.16. The molecule has 6 nitrogen and oxygen atoms in total. The second kappa shape index (κ2) is 5.24. The molecule has 6 heteroatoms. The Morgan fingerprint density at radius 2 is 2.00 bits per heavy atom. The first-order valence-electron chi connectivity index (χ1n) is 6.53. The van der Waals surface area contributed by atoms with Crippen LogP contribution in [0.5, 0.6) is 0 Å². The van der Waals surface area contributed by atoms with Gasteiger partial charge in [-0.1, -0.05) is 0 Å². The van der Waals surface area contributed by atoms with E-state index in [0.29, 0.717) is 29.1 Å². The molecule has 1 aromatic carbocycles. The minimum Gasteiger partial charge on any atom is -0.399 e. The molecule has 0 aliphatic heterocycles. The standard InChI is InChI=1S/C15H15N5O/c1-20(9-10-4-6-17-7-5-10)15-18-13-3-2-11(16)8-12(13)14(21)19-15/h2-8H,9,16H2,1H3,(H,18,19,21). The maximum atomic E-state index is 12.1. The number of hydrogen-bond acceptors (Lipinski definition) is 5. The van der Waals surface area contributed by atoms with Crippen molar-refractivity contribution in [3.05, 3.63) is 58.6 Å². The number of rotatable bonds is 3. The molecular formula is C15H15N5O. The third-order valence-corrected chi connectivity index (χ3v) is 3.25. The van der Waals surface area contributed by atoms with E-state index in [-0.39, 0.29) is 5.56 Å². The topological polar surface area (TPSA) is 87.9 Å². The van der Waals surface area contributed by atoms with Crippen LogP contribution in [0.1, 0.15) is 5.56 Å². The lowest BCUT2D eigenvalue weighted by Crippen LogP contribution is -2.22. The molecule has 0 radical (unpaired) electrons. The molecule has 3 aromatic rings. The van der Waals surface area contributed by atoms with Crippen LogP contribution >= 0.6 is 0 Å². The van der Waals surface area contributed by atoms with Crippen LogP contribution in [-0.2, 0) is 6.54 Å². The van der Waals surface area contributed by atoms with Crippen LogP contribution in [0.3, 0.4) is 0 Å². The molecule has 0 aliphatic carbocycles. The Kier molecular flexibility index (Phi) is 3.27. The summed E-state index contributed by atoms with van der Waals surface area (Å²) in [5.41, 5.74) is 7.77. The number of H-pyrrole nitrogens is 1. The van der Waals surface area contributed by atoms with Gasteiger partial charge in [-0.2, -0.15) is 0 Å². The van der Waals surface area contributed by atoms with Crippen LogP contribution < -0.4 is 16.2 Å². The van der Waals surface area contributed by atoms with Gasteiger partial charge >= 0.3 is 0 Å². The van der Waals surface area contributed by atoms with E-state index in [1.165, 1.54) is 0 Å². The second-order valence-electron chi connectivity index (χ2n) is 4.88. The zero-order valence-electron chi connectivity index (χ0n) is 11.6. The summed E-state index contributed by atoms with van der Waals surface area (Å²) in [6, 6.07) is 8.98. The van der Waals surface area contributed by atoms with Crippen molar-refractivity contribution < 1.29 is 0 Å². The molecule has 21 heavy (non-hydrogen) atoms. The number of fused-ring (bicyclic) bond motifs is 1. The molecule has 0 spiro atoms. The fourth-order valence-electron chi connectivity index (χ4n) is 2.16. The van der Waals surface area contributed by atoms with Gasteiger partial charge in [0, 0.05) is 31.7 Å². The van der Waals surface area contributed by atoms with Gasteiger partial charge in [-0.05, 0) is 35.9 Å². The molecule has 106 valence electrons. The minimum atomic E-state index is -0.191. The summed E-state index contributed by atoms with van der Waals surface area (Å²) in [5, 5.41) is 0.496. The van der Waals surface area contributed by atoms with E-state index in [1.807, 2.05) is 24.1 Å². The number of aromatic nitrogens is 3. The van der Waals surface area contributed by atoms with Crippen LogP contribution in [0.15, 0.2) is 47.5 Å². The first-order valence-corrected chi connectivity index (χ1v) is 6.53. The van der Waals surface area contributed by atoms with Gasteiger partial charge in [0.1, 0.15) is 0 Å². The van der Waals surface area contributed by atoms with Crippen LogP contribution in [-0.4, -0.2) is 22.0 Å². The first-order chi connectivity index (χ1) is 10.1. The van der Waals surface area contributed by atoms with Crippen molar-refractivity contribution in [2.75, 3.05) is 17.7 Å². The summed E-state index contributed by atoms with van der Waals surface area (Å²) < 4.78 is 0. The fraction of sp³-hybridized carbons (Fsp3) is 0.133. The molecule has 3 N–H and O–H groups in total. The number of pyridine rings is 1. The molecular weight excluding hydrogens is 266 g/mol. The highest BCUT2D eigenvalue weighted by molar-refractivity contribution is 5.81. The lowest BCUT2D eigenvalue weighted by Gasteiger charge is -2.17. The molecule has 2 heterocycles. The molecule has 2 aromatic heterocycles. The number of nitrogens with zero attached hydrogens (tertiary/aromatic N) is 3. The van der Waals surface area contributed by atoms with Crippen molar-refractivity contribution in [2.45, 2.75) is 6.54 Å².